The molecule has 0 spiro atoms. The maximum Gasteiger partial charge on any atom is 0.410 e. The Labute approximate surface area is 300 Å². The number of aromatic nitrogens is 1. The molecule has 3 aliphatic rings. The Balaban J connectivity index is 1.33. The van der Waals surface area contributed by atoms with Crippen molar-refractivity contribution in [3.63, 3.8) is 0 Å². The van der Waals surface area contributed by atoms with Gasteiger partial charge in [-0.15, -0.1) is 0 Å². The van der Waals surface area contributed by atoms with Gasteiger partial charge >= 0.3 is 12.1 Å². The number of pyridine rings is 1. The molecule has 6 rings (SSSR count). The van der Waals surface area contributed by atoms with Crippen LogP contribution in [0.15, 0.2) is 34.8 Å². The monoisotopic (exact) mass is 739 g/mol. The fourth-order valence-corrected chi connectivity index (χ4v) is 7.11. The van der Waals surface area contributed by atoms with Crippen molar-refractivity contribution in [3.8, 4) is 5.75 Å². The normalized spacial score (nSPS) is 19.4. The topological polar surface area (TPSA) is 144 Å². The van der Waals surface area contributed by atoms with Crippen LogP contribution in [0.1, 0.15) is 54.6 Å². The number of furan rings is 1. The van der Waals surface area contributed by atoms with Gasteiger partial charge in [-0.05, 0) is 50.4 Å². The van der Waals surface area contributed by atoms with Crippen LogP contribution < -0.4 is 10.1 Å². The number of fused-ring (bicyclic) bond motifs is 2. The summed E-state index contributed by atoms with van der Waals surface area (Å²) in [5.74, 6) is -3.18. The van der Waals surface area contributed by atoms with Crippen molar-refractivity contribution >= 4 is 48.7 Å². The highest BCUT2D eigenvalue weighted by Crippen LogP contribution is 2.38. The number of hydrogen-bond acceptors (Lipinski definition) is 9. The number of benzene rings is 1. The molecule has 1 N–H and O–H groups in total. The first-order valence-corrected chi connectivity index (χ1v) is 20.8. The third-order valence-electron chi connectivity index (χ3n) is 9.14. The van der Waals surface area contributed by atoms with Gasteiger partial charge in [-0.3, -0.25) is 9.59 Å². The van der Waals surface area contributed by atoms with Crippen molar-refractivity contribution in [1.82, 2.24) is 25.0 Å². The Bertz CT molecular complexity index is 1990. The first kappa shape index (κ1) is 36.9. The van der Waals surface area contributed by atoms with E-state index in [2.05, 4.69) is 29.9 Å². The minimum Gasteiger partial charge on any atom is -0.494 e. The SMILES string of the molecule is COc1ccc2c(c1F)C(=O)N(C[C@@]1(c3cc4nc(C5=CCN(C(=O)OC(C)(C)C)CC5)c(F)cc4o3)NC(=O)N(COCC[Si](C)(C)C)C1=O)C2. The molecule has 52 heavy (non-hydrogen) atoms. The molecule has 5 heterocycles. The number of nitrogens with one attached hydrogen (secondary N) is 1. The van der Waals surface area contributed by atoms with E-state index in [1.54, 1.807) is 32.9 Å². The minimum atomic E-state index is -1.98. The summed E-state index contributed by atoms with van der Waals surface area (Å²) in [6, 6.07) is 5.58. The Kier molecular flexibility index (Phi) is 9.67. The maximum atomic E-state index is 15.6. The largest absolute Gasteiger partial charge is 0.494 e. The number of amides is 5. The van der Waals surface area contributed by atoms with Gasteiger partial charge in [-0.2, -0.15) is 0 Å². The molecule has 2 aromatic heterocycles. The van der Waals surface area contributed by atoms with Crippen molar-refractivity contribution in [2.45, 2.75) is 70.6 Å². The van der Waals surface area contributed by atoms with Crippen molar-refractivity contribution in [2.75, 3.05) is 40.1 Å². The maximum absolute atomic E-state index is 15.6. The van der Waals surface area contributed by atoms with Gasteiger partial charge in [0.15, 0.2) is 28.5 Å². The van der Waals surface area contributed by atoms with Gasteiger partial charge in [0.05, 0.1) is 19.2 Å². The molecule has 278 valence electrons. The minimum absolute atomic E-state index is 0.00103. The average Bonchev–Trinajstić information content (AvgIpc) is 3.69. The third kappa shape index (κ3) is 7.13. The van der Waals surface area contributed by atoms with E-state index in [-0.39, 0.29) is 60.2 Å². The predicted octanol–water partition coefficient (Wildman–Crippen LogP) is 5.85. The van der Waals surface area contributed by atoms with Crippen LogP contribution in [0.25, 0.3) is 16.7 Å². The molecule has 5 amide bonds. The highest BCUT2D eigenvalue weighted by molar-refractivity contribution is 6.76. The molecule has 3 aliphatic heterocycles. The van der Waals surface area contributed by atoms with Crippen LogP contribution in [0.3, 0.4) is 0 Å². The fourth-order valence-electron chi connectivity index (χ4n) is 6.35. The summed E-state index contributed by atoms with van der Waals surface area (Å²) < 4.78 is 53.2. The van der Waals surface area contributed by atoms with E-state index in [9.17, 15) is 19.2 Å². The highest BCUT2D eigenvalue weighted by Gasteiger charge is 2.57. The second-order valence-corrected chi connectivity index (χ2v) is 21.0. The van der Waals surface area contributed by atoms with Gasteiger partial charge in [-0.1, -0.05) is 31.8 Å². The molecule has 16 heteroatoms. The molecule has 1 fully saturated rings. The molecule has 0 radical (unpaired) electrons. The summed E-state index contributed by atoms with van der Waals surface area (Å²) >= 11 is 0. The van der Waals surface area contributed by atoms with Crippen molar-refractivity contribution in [3.05, 3.63) is 64.6 Å². The first-order chi connectivity index (χ1) is 24.4. The van der Waals surface area contributed by atoms with Crippen LogP contribution in [-0.2, 0) is 26.4 Å². The Morgan fingerprint density at radius 1 is 1.13 bits per heavy atom. The second-order valence-electron chi connectivity index (χ2n) is 15.4. The Morgan fingerprint density at radius 3 is 2.54 bits per heavy atom. The smallest absolute Gasteiger partial charge is 0.410 e. The molecule has 0 unspecified atom stereocenters. The molecule has 13 nitrogen and oxygen atoms in total. The Morgan fingerprint density at radius 2 is 1.88 bits per heavy atom. The van der Waals surface area contributed by atoms with Crippen molar-refractivity contribution in [1.29, 1.82) is 0 Å². The molecule has 0 bridgehead atoms. The zero-order valence-electron chi connectivity index (χ0n) is 30.4. The molecule has 3 aromatic rings. The Hall–Kier alpha value is -4.83. The third-order valence-corrected chi connectivity index (χ3v) is 10.8. The number of carbonyl (C=O) groups excluding carboxylic acids is 4. The van der Waals surface area contributed by atoms with E-state index in [1.165, 1.54) is 29.0 Å². The summed E-state index contributed by atoms with van der Waals surface area (Å²) in [5.41, 5.74) is -1.64. The van der Waals surface area contributed by atoms with Gasteiger partial charge in [0, 0.05) is 46.4 Å². The van der Waals surface area contributed by atoms with Gasteiger partial charge in [-0.25, -0.2) is 28.3 Å². The summed E-state index contributed by atoms with van der Waals surface area (Å²) in [5, 5.41) is 2.71. The van der Waals surface area contributed by atoms with Crippen LogP contribution in [0.4, 0.5) is 18.4 Å². The highest BCUT2D eigenvalue weighted by atomic mass is 28.3. The lowest BCUT2D eigenvalue weighted by molar-refractivity contribution is -0.136. The number of methoxy groups -OCH3 is 1. The number of ether oxygens (including phenoxy) is 3. The quantitative estimate of drug-likeness (QED) is 0.154. The van der Waals surface area contributed by atoms with Crippen molar-refractivity contribution in [2.24, 2.45) is 0 Å². The zero-order valence-corrected chi connectivity index (χ0v) is 31.4. The molecule has 1 atom stereocenters. The van der Waals surface area contributed by atoms with E-state index in [0.717, 1.165) is 17.0 Å². The van der Waals surface area contributed by atoms with Crippen LogP contribution in [-0.4, -0.2) is 97.4 Å². The second kappa shape index (κ2) is 13.6. The number of hydrogen-bond donors (Lipinski definition) is 1. The van der Waals surface area contributed by atoms with Gasteiger partial charge in [0.1, 0.15) is 29.3 Å². The standard InChI is InChI=1S/C36H43F2N5O8Si/c1-35(2,3)51-34(47)41-12-10-21(11-13-41)30-23(37)16-26-24(39-30)17-27(50-26)36(32(45)43(33(46)40-36)20-49-14-15-52(5,6)7)19-42-18-22-8-9-25(48-4)29(38)28(22)31(42)44/h8-10,16-17H,11-15,18-20H2,1-7H3,(H,40,46)/t36-/m0/s1. The van der Waals surface area contributed by atoms with Crippen molar-refractivity contribution < 1.29 is 46.6 Å². The van der Waals surface area contributed by atoms with Crippen LogP contribution in [0.5, 0.6) is 5.75 Å². The molecular formula is C36H43F2N5O8Si. The number of halogens is 2. The van der Waals surface area contributed by atoms with E-state index in [0.29, 0.717) is 24.2 Å². The zero-order chi connectivity index (χ0) is 37.7. The lowest BCUT2D eigenvalue weighted by Crippen LogP contribution is -2.52. The summed E-state index contributed by atoms with van der Waals surface area (Å²) in [6.45, 7) is 11.8. The molecule has 1 saturated heterocycles. The summed E-state index contributed by atoms with van der Waals surface area (Å²) in [6.07, 6.45) is 1.54. The number of urea groups is 1. The van der Waals surface area contributed by atoms with Gasteiger partial charge in [0.25, 0.3) is 11.8 Å². The van der Waals surface area contributed by atoms with E-state index in [4.69, 9.17) is 18.6 Å². The number of carbonyl (C=O) groups is 4. The molecule has 0 saturated carbocycles. The van der Waals surface area contributed by atoms with Gasteiger partial charge < -0.3 is 33.7 Å². The van der Waals surface area contributed by atoms with E-state index in [1.807, 2.05) is 0 Å². The lowest BCUT2D eigenvalue weighted by atomic mass is 9.95. The fraction of sp³-hybridized carbons (Fsp3) is 0.472. The molecular weight excluding hydrogens is 697 g/mol. The van der Waals surface area contributed by atoms with E-state index < -0.39 is 61.3 Å². The number of nitrogens with zero attached hydrogens (tertiary/aromatic N) is 4. The predicted molar refractivity (Wildman–Crippen MR) is 188 cm³/mol. The molecule has 1 aromatic carbocycles. The molecule has 0 aliphatic carbocycles. The first-order valence-electron chi connectivity index (χ1n) is 17.0. The number of rotatable bonds is 10. The van der Waals surface area contributed by atoms with Crippen LogP contribution in [0, 0.1) is 11.6 Å². The van der Waals surface area contributed by atoms with Gasteiger partial charge in [0.2, 0.25) is 0 Å². The average molecular weight is 740 g/mol. The van der Waals surface area contributed by atoms with E-state index >= 15 is 8.78 Å². The van der Waals surface area contributed by atoms with Crippen LogP contribution in [0.2, 0.25) is 25.7 Å². The lowest BCUT2D eigenvalue weighted by Gasteiger charge is -2.29. The summed E-state index contributed by atoms with van der Waals surface area (Å²) in [7, 11) is -0.186. The van der Waals surface area contributed by atoms with Crippen LogP contribution >= 0.6 is 0 Å². The number of imide groups is 1. The summed E-state index contributed by atoms with van der Waals surface area (Å²) in [4.78, 5) is 62.1.